The summed E-state index contributed by atoms with van der Waals surface area (Å²) in [4.78, 5) is 9.37. The lowest BCUT2D eigenvalue weighted by Gasteiger charge is -2.10. The van der Waals surface area contributed by atoms with Gasteiger partial charge >= 0.3 is 0 Å². The molecule has 0 aliphatic rings. The molecule has 0 aliphatic heterocycles. The van der Waals surface area contributed by atoms with Crippen LogP contribution in [0, 0.1) is 12.5 Å². The first-order chi connectivity index (χ1) is 6.24. The van der Waals surface area contributed by atoms with Gasteiger partial charge < -0.3 is 4.90 Å². The molecule has 1 heterocycles. The molecule has 4 heteroatoms. The normalized spacial score (nSPS) is 9.92. The lowest BCUT2D eigenvalue weighted by molar-refractivity contribution is 1.18. The summed E-state index contributed by atoms with van der Waals surface area (Å²) in [6.07, 6.45) is 6.46. The third kappa shape index (κ3) is 2.77. The molecule has 13 heavy (non-hydrogen) atoms. The lowest BCUT2D eigenvalue weighted by Crippen LogP contribution is -2.15. The van der Waals surface area contributed by atoms with Gasteiger partial charge in [-0.15, -0.1) is 0 Å². The SMILES string of the molecule is C#C/N=C\N(C)c1cccc(Cl)n1. The van der Waals surface area contributed by atoms with E-state index in [0.29, 0.717) is 11.0 Å². The lowest BCUT2D eigenvalue weighted by atomic mass is 10.4. The van der Waals surface area contributed by atoms with Crippen molar-refractivity contribution in [3.8, 4) is 12.5 Å². The fourth-order valence-corrected chi connectivity index (χ4v) is 0.932. The van der Waals surface area contributed by atoms with Gasteiger partial charge in [-0.2, -0.15) is 4.99 Å². The third-order valence-electron chi connectivity index (χ3n) is 1.37. The van der Waals surface area contributed by atoms with Gasteiger partial charge in [0.15, 0.2) is 0 Å². The first-order valence-corrected chi connectivity index (χ1v) is 3.96. The molecular weight excluding hydrogens is 186 g/mol. The molecule has 1 aromatic heterocycles. The average molecular weight is 194 g/mol. The maximum absolute atomic E-state index is 5.70. The van der Waals surface area contributed by atoms with Crippen molar-refractivity contribution in [3.63, 3.8) is 0 Å². The maximum atomic E-state index is 5.70. The molecule has 0 bridgehead atoms. The number of rotatable bonds is 2. The molecule has 0 saturated carbocycles. The Morgan fingerprint density at radius 1 is 1.69 bits per heavy atom. The van der Waals surface area contributed by atoms with Gasteiger partial charge in [0, 0.05) is 13.1 Å². The Morgan fingerprint density at radius 3 is 3.08 bits per heavy atom. The van der Waals surface area contributed by atoms with E-state index >= 15 is 0 Å². The largest absolute Gasteiger partial charge is 0.320 e. The van der Waals surface area contributed by atoms with E-state index in [2.05, 4.69) is 16.0 Å². The summed E-state index contributed by atoms with van der Waals surface area (Å²) in [5, 5.41) is 0.443. The van der Waals surface area contributed by atoms with E-state index in [0.717, 1.165) is 0 Å². The molecule has 0 unspecified atom stereocenters. The van der Waals surface area contributed by atoms with Crippen LogP contribution in [0.1, 0.15) is 0 Å². The Labute approximate surface area is 82.1 Å². The number of anilines is 1. The molecule has 1 aromatic rings. The fourth-order valence-electron chi connectivity index (χ4n) is 0.773. The van der Waals surface area contributed by atoms with Gasteiger partial charge in [0.05, 0.1) is 0 Å². The molecule has 0 amide bonds. The quantitative estimate of drug-likeness (QED) is 0.310. The molecule has 0 atom stereocenters. The van der Waals surface area contributed by atoms with Crippen molar-refractivity contribution in [2.75, 3.05) is 11.9 Å². The molecule has 0 N–H and O–H groups in total. The smallest absolute Gasteiger partial charge is 0.135 e. The highest BCUT2D eigenvalue weighted by molar-refractivity contribution is 6.29. The van der Waals surface area contributed by atoms with E-state index in [4.69, 9.17) is 18.0 Å². The van der Waals surface area contributed by atoms with Crippen LogP contribution in [0.15, 0.2) is 23.2 Å². The molecule has 66 valence electrons. The van der Waals surface area contributed by atoms with E-state index in [1.165, 1.54) is 6.34 Å². The van der Waals surface area contributed by atoms with E-state index in [1.54, 1.807) is 18.0 Å². The van der Waals surface area contributed by atoms with Crippen LogP contribution >= 0.6 is 11.6 Å². The second-order valence-electron chi connectivity index (χ2n) is 2.30. The van der Waals surface area contributed by atoms with E-state index in [9.17, 15) is 0 Å². The highest BCUT2D eigenvalue weighted by Crippen LogP contribution is 2.11. The molecule has 0 aromatic carbocycles. The maximum Gasteiger partial charge on any atom is 0.135 e. The predicted molar refractivity (Wildman–Crippen MR) is 55.0 cm³/mol. The van der Waals surface area contributed by atoms with Crippen LogP contribution in [-0.4, -0.2) is 18.4 Å². The van der Waals surface area contributed by atoms with Gasteiger partial charge in [0.25, 0.3) is 0 Å². The van der Waals surface area contributed by atoms with Crippen LogP contribution < -0.4 is 4.90 Å². The highest BCUT2D eigenvalue weighted by atomic mass is 35.5. The zero-order valence-electron chi connectivity index (χ0n) is 7.11. The monoisotopic (exact) mass is 193 g/mol. The average Bonchev–Trinajstić information content (AvgIpc) is 2.14. The minimum Gasteiger partial charge on any atom is -0.320 e. The summed E-state index contributed by atoms with van der Waals surface area (Å²) in [5.41, 5.74) is 0. The van der Waals surface area contributed by atoms with E-state index in [-0.39, 0.29) is 0 Å². The van der Waals surface area contributed by atoms with Crippen LogP contribution in [0.25, 0.3) is 0 Å². The zero-order chi connectivity index (χ0) is 9.68. The molecule has 1 rings (SSSR count). The van der Waals surface area contributed by atoms with Crippen molar-refractivity contribution in [2.24, 2.45) is 4.99 Å². The Hall–Kier alpha value is -1.53. The van der Waals surface area contributed by atoms with Crippen LogP contribution in [-0.2, 0) is 0 Å². The van der Waals surface area contributed by atoms with Crippen molar-refractivity contribution >= 4 is 23.8 Å². The Bertz CT molecular complexity index is 354. The topological polar surface area (TPSA) is 28.5 Å². The molecule has 0 fully saturated rings. The Kier molecular flexibility index (Phi) is 3.30. The number of aromatic nitrogens is 1. The minimum atomic E-state index is 0.443. The van der Waals surface area contributed by atoms with Gasteiger partial charge in [0.2, 0.25) is 0 Å². The van der Waals surface area contributed by atoms with Crippen LogP contribution in [0.5, 0.6) is 0 Å². The van der Waals surface area contributed by atoms with Gasteiger partial charge in [-0.05, 0) is 12.1 Å². The number of nitrogens with zero attached hydrogens (tertiary/aromatic N) is 3. The van der Waals surface area contributed by atoms with Crippen molar-refractivity contribution in [1.82, 2.24) is 4.98 Å². The van der Waals surface area contributed by atoms with Gasteiger partial charge in [-0.3, -0.25) is 0 Å². The predicted octanol–water partition coefficient (Wildman–Crippen LogP) is 1.79. The number of terminal acetylenes is 1. The summed E-state index contributed by atoms with van der Waals surface area (Å²) >= 11 is 5.70. The molecule has 0 aliphatic carbocycles. The summed E-state index contributed by atoms with van der Waals surface area (Å²) in [6, 6.07) is 7.48. The van der Waals surface area contributed by atoms with Gasteiger partial charge in [-0.1, -0.05) is 24.1 Å². The number of halogens is 1. The first-order valence-electron chi connectivity index (χ1n) is 3.58. The molecular formula is C9H8ClN3. The molecule has 0 spiro atoms. The minimum absolute atomic E-state index is 0.443. The Morgan fingerprint density at radius 2 is 2.46 bits per heavy atom. The van der Waals surface area contributed by atoms with Crippen LogP contribution in [0.2, 0.25) is 5.15 Å². The van der Waals surface area contributed by atoms with E-state index in [1.807, 2.05) is 12.1 Å². The van der Waals surface area contributed by atoms with Crippen LogP contribution in [0.4, 0.5) is 5.82 Å². The number of pyridine rings is 1. The summed E-state index contributed by atoms with van der Waals surface area (Å²) in [5.74, 6) is 0.700. The highest BCUT2D eigenvalue weighted by Gasteiger charge is 1.98. The Balaban J connectivity index is 2.84. The fraction of sp³-hybridized carbons (Fsp3) is 0.111. The number of hydrogen-bond donors (Lipinski definition) is 0. The van der Waals surface area contributed by atoms with Crippen molar-refractivity contribution in [1.29, 1.82) is 0 Å². The molecule has 3 nitrogen and oxygen atoms in total. The van der Waals surface area contributed by atoms with Crippen molar-refractivity contribution in [2.45, 2.75) is 0 Å². The van der Waals surface area contributed by atoms with Gasteiger partial charge in [-0.25, -0.2) is 4.98 Å². The third-order valence-corrected chi connectivity index (χ3v) is 1.58. The van der Waals surface area contributed by atoms with Crippen LogP contribution in [0.3, 0.4) is 0 Å². The van der Waals surface area contributed by atoms with Crippen molar-refractivity contribution < 1.29 is 0 Å². The molecule has 0 radical (unpaired) electrons. The second-order valence-corrected chi connectivity index (χ2v) is 2.69. The van der Waals surface area contributed by atoms with E-state index < -0.39 is 0 Å². The van der Waals surface area contributed by atoms with Crippen molar-refractivity contribution in [3.05, 3.63) is 23.4 Å². The number of aliphatic imine (C=N–C) groups is 1. The number of hydrogen-bond acceptors (Lipinski definition) is 2. The van der Waals surface area contributed by atoms with Gasteiger partial charge in [0.1, 0.15) is 17.3 Å². The first kappa shape index (κ1) is 9.56. The molecule has 0 saturated heterocycles. The summed E-state index contributed by atoms with van der Waals surface area (Å²) in [7, 11) is 1.79. The zero-order valence-corrected chi connectivity index (χ0v) is 7.86. The summed E-state index contributed by atoms with van der Waals surface area (Å²) < 4.78 is 0. The second kappa shape index (κ2) is 4.48. The summed E-state index contributed by atoms with van der Waals surface area (Å²) in [6.45, 7) is 0. The standard InChI is InChI=1S/C9H8ClN3/c1-3-11-7-13(2)9-6-4-5-8(10)12-9/h1,4-7H,2H3/b11-7-.